The van der Waals surface area contributed by atoms with Crippen molar-refractivity contribution in [3.8, 4) is 5.69 Å². The summed E-state index contributed by atoms with van der Waals surface area (Å²) in [5, 5.41) is 12.8. The largest absolute Gasteiger partial charge is 0.477 e. The van der Waals surface area contributed by atoms with Crippen molar-refractivity contribution < 1.29 is 14.7 Å². The lowest BCUT2D eigenvalue weighted by Gasteiger charge is -2.01. The quantitative estimate of drug-likeness (QED) is 0.799. The predicted octanol–water partition coefficient (Wildman–Crippen LogP) is 1.09. The highest BCUT2D eigenvalue weighted by Gasteiger charge is 2.09. The van der Waals surface area contributed by atoms with E-state index in [1.165, 1.54) is 16.9 Å². The van der Waals surface area contributed by atoms with Crippen LogP contribution in [0.4, 0.5) is 0 Å². The second kappa shape index (κ2) is 4.17. The van der Waals surface area contributed by atoms with Crippen molar-refractivity contribution in [2.24, 2.45) is 0 Å². The van der Waals surface area contributed by atoms with Crippen LogP contribution in [0.25, 0.3) is 5.69 Å². The molecule has 0 aliphatic heterocycles. The van der Waals surface area contributed by atoms with Crippen LogP contribution < -0.4 is 0 Å². The van der Waals surface area contributed by atoms with E-state index < -0.39 is 5.97 Å². The van der Waals surface area contributed by atoms with Gasteiger partial charge in [-0.1, -0.05) is 0 Å². The normalized spacial score (nSPS) is 10.2. The fraction of sp³-hybridized carbons (Fsp3) is 0.0909. The first kappa shape index (κ1) is 11.0. The second-order valence-electron chi connectivity index (χ2n) is 3.46. The zero-order valence-corrected chi connectivity index (χ0v) is 8.99. The maximum atomic E-state index is 10.8. The number of aldehydes is 1. The maximum Gasteiger partial charge on any atom is 0.354 e. The molecule has 0 unspecified atom stereocenters. The number of carbonyl (C=O) groups is 2. The number of hydrogen-bond donors (Lipinski definition) is 1. The van der Waals surface area contributed by atoms with Crippen LogP contribution in [0.2, 0.25) is 0 Å². The molecule has 2 heterocycles. The summed E-state index contributed by atoms with van der Waals surface area (Å²) in [4.78, 5) is 25.1. The van der Waals surface area contributed by atoms with E-state index in [0.29, 0.717) is 17.7 Å². The number of aromatic nitrogens is 3. The van der Waals surface area contributed by atoms with Gasteiger partial charge in [-0.15, -0.1) is 0 Å². The van der Waals surface area contributed by atoms with Gasteiger partial charge in [-0.3, -0.25) is 4.79 Å². The number of aromatic carboxylic acids is 1. The molecular formula is C11H9N3O3. The topological polar surface area (TPSA) is 85.1 Å². The third kappa shape index (κ3) is 2.05. The Kier molecular flexibility index (Phi) is 2.70. The van der Waals surface area contributed by atoms with Gasteiger partial charge < -0.3 is 5.11 Å². The molecular weight excluding hydrogens is 222 g/mol. The highest BCUT2D eigenvalue weighted by molar-refractivity contribution is 5.85. The summed E-state index contributed by atoms with van der Waals surface area (Å²) in [6, 6.07) is 3.01. The Bertz CT molecular complexity index is 589. The number of carbonyl (C=O) groups excluding carboxylic acids is 1. The molecule has 0 bridgehead atoms. The Morgan fingerprint density at radius 2 is 2.29 bits per heavy atom. The number of pyridine rings is 1. The van der Waals surface area contributed by atoms with Gasteiger partial charge in [0, 0.05) is 12.4 Å². The molecule has 0 aliphatic carbocycles. The lowest BCUT2D eigenvalue weighted by Crippen LogP contribution is -2.03. The Hall–Kier alpha value is -2.50. The molecule has 6 nitrogen and oxygen atoms in total. The molecule has 86 valence electrons. The van der Waals surface area contributed by atoms with Crippen molar-refractivity contribution in [3.05, 3.63) is 41.5 Å². The minimum atomic E-state index is -1.11. The highest BCUT2D eigenvalue weighted by atomic mass is 16.4. The lowest BCUT2D eigenvalue weighted by atomic mass is 10.3. The molecule has 2 rings (SSSR count). The van der Waals surface area contributed by atoms with E-state index in [0.717, 1.165) is 5.56 Å². The molecule has 1 N–H and O–H groups in total. The molecule has 0 spiro atoms. The molecule has 0 aromatic carbocycles. The minimum absolute atomic E-state index is 0.0664. The third-order valence-corrected chi connectivity index (χ3v) is 2.27. The van der Waals surface area contributed by atoms with Gasteiger partial charge in [-0.05, 0) is 24.6 Å². The van der Waals surface area contributed by atoms with Crippen LogP contribution in [0.15, 0.2) is 24.5 Å². The number of rotatable bonds is 3. The summed E-state index contributed by atoms with van der Waals surface area (Å²) in [6.45, 7) is 1.76. The molecule has 0 fully saturated rings. The molecule has 0 atom stereocenters. The molecule has 0 saturated carbocycles. The van der Waals surface area contributed by atoms with Gasteiger partial charge in [-0.25, -0.2) is 14.5 Å². The van der Waals surface area contributed by atoms with E-state index in [1.807, 2.05) is 0 Å². The fourth-order valence-corrected chi connectivity index (χ4v) is 1.40. The molecule has 2 aromatic heterocycles. The third-order valence-electron chi connectivity index (χ3n) is 2.27. The van der Waals surface area contributed by atoms with Gasteiger partial charge in [-0.2, -0.15) is 5.10 Å². The Labute approximate surface area is 96.5 Å². The first-order valence-corrected chi connectivity index (χ1v) is 4.83. The molecule has 0 amide bonds. The summed E-state index contributed by atoms with van der Waals surface area (Å²) in [6.07, 6.45) is 3.70. The van der Waals surface area contributed by atoms with E-state index in [9.17, 15) is 9.59 Å². The maximum absolute atomic E-state index is 10.8. The van der Waals surface area contributed by atoms with Crippen LogP contribution in [0.5, 0.6) is 0 Å². The van der Waals surface area contributed by atoms with Crippen LogP contribution in [0.3, 0.4) is 0 Å². The van der Waals surface area contributed by atoms with Gasteiger partial charge in [0.05, 0.1) is 5.69 Å². The van der Waals surface area contributed by atoms with Gasteiger partial charge in [0.1, 0.15) is 11.4 Å². The first-order valence-electron chi connectivity index (χ1n) is 4.83. The van der Waals surface area contributed by atoms with Crippen molar-refractivity contribution in [3.63, 3.8) is 0 Å². The van der Waals surface area contributed by atoms with Gasteiger partial charge >= 0.3 is 5.97 Å². The van der Waals surface area contributed by atoms with Crippen LogP contribution in [0, 0.1) is 6.92 Å². The summed E-state index contributed by atoms with van der Waals surface area (Å²) in [7, 11) is 0. The van der Waals surface area contributed by atoms with Crippen molar-refractivity contribution in [1.29, 1.82) is 0 Å². The number of carboxylic acid groups (broad SMARTS) is 1. The lowest BCUT2D eigenvalue weighted by molar-refractivity contribution is 0.0690. The molecule has 2 aromatic rings. The highest BCUT2D eigenvalue weighted by Crippen LogP contribution is 2.11. The zero-order chi connectivity index (χ0) is 12.4. The number of hydrogen-bond acceptors (Lipinski definition) is 4. The van der Waals surface area contributed by atoms with Crippen molar-refractivity contribution in [2.45, 2.75) is 6.92 Å². The zero-order valence-electron chi connectivity index (χ0n) is 8.99. The van der Waals surface area contributed by atoms with Gasteiger partial charge in [0.25, 0.3) is 0 Å². The molecule has 0 radical (unpaired) electrons. The van der Waals surface area contributed by atoms with E-state index in [2.05, 4.69) is 10.1 Å². The van der Waals surface area contributed by atoms with E-state index in [1.54, 1.807) is 19.2 Å². The van der Waals surface area contributed by atoms with Crippen LogP contribution in [-0.4, -0.2) is 32.1 Å². The Morgan fingerprint density at radius 1 is 1.53 bits per heavy atom. The molecule has 17 heavy (non-hydrogen) atoms. The number of carboxylic acids is 1. The van der Waals surface area contributed by atoms with E-state index >= 15 is 0 Å². The molecule has 6 heteroatoms. The standard InChI is InChI=1S/C11H9N3O3/c1-7-5-14(13-10(7)6-15)8-2-3-12-9(4-8)11(16)17/h2-6H,1H3,(H,16,17). The number of nitrogens with zero attached hydrogens (tertiary/aromatic N) is 3. The predicted molar refractivity (Wildman–Crippen MR) is 58.4 cm³/mol. The fourth-order valence-electron chi connectivity index (χ4n) is 1.40. The molecule has 0 saturated heterocycles. The van der Waals surface area contributed by atoms with Crippen LogP contribution >= 0.6 is 0 Å². The van der Waals surface area contributed by atoms with E-state index in [-0.39, 0.29) is 5.69 Å². The second-order valence-corrected chi connectivity index (χ2v) is 3.46. The van der Waals surface area contributed by atoms with E-state index in [4.69, 9.17) is 5.11 Å². The molecule has 0 aliphatic rings. The SMILES string of the molecule is Cc1cn(-c2ccnc(C(=O)O)c2)nc1C=O. The first-order chi connectivity index (χ1) is 8.11. The number of aryl methyl sites for hydroxylation is 1. The minimum Gasteiger partial charge on any atom is -0.477 e. The smallest absolute Gasteiger partial charge is 0.354 e. The Morgan fingerprint density at radius 3 is 2.88 bits per heavy atom. The van der Waals surface area contributed by atoms with Crippen molar-refractivity contribution in [2.75, 3.05) is 0 Å². The summed E-state index contributed by atoms with van der Waals surface area (Å²) in [5.41, 5.74) is 1.55. The average Bonchev–Trinajstić information content (AvgIpc) is 2.71. The van der Waals surface area contributed by atoms with Gasteiger partial charge in [0.15, 0.2) is 6.29 Å². The van der Waals surface area contributed by atoms with Crippen LogP contribution in [-0.2, 0) is 0 Å². The summed E-state index contributed by atoms with van der Waals surface area (Å²) < 4.78 is 1.45. The van der Waals surface area contributed by atoms with Crippen LogP contribution in [0.1, 0.15) is 26.5 Å². The summed E-state index contributed by atoms with van der Waals surface area (Å²) in [5.74, 6) is -1.11. The van der Waals surface area contributed by atoms with Crippen molar-refractivity contribution in [1.82, 2.24) is 14.8 Å². The monoisotopic (exact) mass is 231 g/mol. The average molecular weight is 231 g/mol. The Balaban J connectivity index is 2.48. The summed E-state index contributed by atoms with van der Waals surface area (Å²) >= 11 is 0. The van der Waals surface area contributed by atoms with Crippen molar-refractivity contribution >= 4 is 12.3 Å². The van der Waals surface area contributed by atoms with Gasteiger partial charge in [0.2, 0.25) is 0 Å².